The minimum Gasteiger partial charge on any atom is -0.394 e. The number of aryl methyl sites for hydroxylation is 3. The van der Waals surface area contributed by atoms with Crippen LogP contribution in [-0.4, -0.2) is 192 Å². The summed E-state index contributed by atoms with van der Waals surface area (Å²) < 4.78 is 110. The second-order valence-electron chi connectivity index (χ2n) is 29.7. The van der Waals surface area contributed by atoms with Crippen molar-refractivity contribution < 1.29 is 106 Å². The molecule has 15 N–H and O–H groups in total. The van der Waals surface area contributed by atoms with Crippen molar-refractivity contribution in [1.29, 1.82) is 0 Å². The van der Waals surface area contributed by atoms with Crippen LogP contribution in [0.4, 0.5) is 26.3 Å². The lowest BCUT2D eigenvalue weighted by Gasteiger charge is -2.40. The summed E-state index contributed by atoms with van der Waals surface area (Å²) in [6.07, 6.45) is -25.0. The van der Waals surface area contributed by atoms with Gasteiger partial charge < -0.3 is 99.5 Å². The molecular weight excluding hydrogens is 1470 g/mol. The van der Waals surface area contributed by atoms with Crippen molar-refractivity contribution in [2.75, 3.05) is 19.8 Å². The van der Waals surface area contributed by atoms with Gasteiger partial charge in [-0.15, -0.1) is 0 Å². The van der Waals surface area contributed by atoms with Crippen LogP contribution in [-0.2, 0) is 27.3 Å². The van der Waals surface area contributed by atoms with Gasteiger partial charge in [0.15, 0.2) is 37.2 Å². The zero-order valence-electron chi connectivity index (χ0n) is 59.1. The number of ether oxygens (including phenoxy) is 3. The summed E-state index contributed by atoms with van der Waals surface area (Å²) in [5.41, 5.74) is 11.8. The molecule has 6 aliphatic heterocycles. The van der Waals surface area contributed by atoms with Crippen molar-refractivity contribution in [3.8, 4) is 0 Å². The highest BCUT2D eigenvalue weighted by Crippen LogP contribution is 2.52. The normalized spacial score (nSPS) is 25.9. The van der Waals surface area contributed by atoms with Crippen molar-refractivity contribution in [3.63, 3.8) is 0 Å². The number of nitrogens with zero attached hydrogens (tertiary/aromatic N) is 3. The highest BCUT2D eigenvalue weighted by molar-refractivity contribution is 6.40. The third kappa shape index (κ3) is 10.1. The Kier molecular flexibility index (Phi) is 16.4. The fourth-order valence-electron chi connectivity index (χ4n) is 18.1. The molecule has 21 rings (SSSR count). The van der Waals surface area contributed by atoms with Crippen LogP contribution in [0.1, 0.15) is 87.9 Å². The third-order valence-corrected chi connectivity index (χ3v) is 23.1. The topological polar surface area (TPSA) is 376 Å². The van der Waals surface area contributed by atoms with E-state index in [0.29, 0.717) is 116 Å². The molecule has 3 fully saturated rings. The Morgan fingerprint density at radius 2 is 0.688 bits per heavy atom. The Morgan fingerprint density at radius 1 is 0.375 bits per heavy atom. The number of benzene rings is 9. The second-order valence-corrected chi connectivity index (χ2v) is 29.7. The number of aliphatic hydroxyl groups is 9. The number of rotatable bonds is 6. The number of hydrogen-bond donors (Lipinski definition) is 15. The lowest BCUT2D eigenvalue weighted by Crippen LogP contribution is -2.54. The van der Waals surface area contributed by atoms with E-state index in [0.717, 1.165) is 49.4 Å². The van der Waals surface area contributed by atoms with Gasteiger partial charge in [0.05, 0.1) is 91.7 Å². The first-order valence-corrected chi connectivity index (χ1v) is 36.1. The number of carbonyl (C=O) groups excluding carboxylic acids is 4. The number of halogens is 6. The minimum atomic E-state index is -2.06. The van der Waals surface area contributed by atoms with Gasteiger partial charge in [-0.2, -0.15) is 0 Å². The fourth-order valence-corrected chi connectivity index (χ4v) is 18.1. The molecule has 6 aliphatic rings. The number of aromatic amines is 3. The molecule has 12 heterocycles. The molecular formula is C81H67F6N9O16. The number of fused-ring (bicyclic) bond motifs is 30. The zero-order valence-corrected chi connectivity index (χ0v) is 59.1. The van der Waals surface area contributed by atoms with E-state index in [1.807, 2.05) is 75.4 Å². The maximum absolute atomic E-state index is 14.6. The van der Waals surface area contributed by atoms with Crippen molar-refractivity contribution in [2.45, 2.75) is 126 Å². The highest BCUT2D eigenvalue weighted by atomic mass is 19.2. The van der Waals surface area contributed by atoms with E-state index in [1.54, 1.807) is 9.13 Å². The molecule has 0 aliphatic carbocycles. The largest absolute Gasteiger partial charge is 0.394 e. The average molecular weight is 1540 g/mol. The van der Waals surface area contributed by atoms with Gasteiger partial charge in [-0.25, -0.2) is 26.3 Å². The predicted molar refractivity (Wildman–Crippen MR) is 398 cm³/mol. The molecule has 4 amide bonds. The molecule has 0 unspecified atom stereocenters. The molecule has 574 valence electrons. The van der Waals surface area contributed by atoms with E-state index in [9.17, 15) is 91.5 Å². The van der Waals surface area contributed by atoms with E-state index in [1.165, 1.54) is 59.2 Å². The van der Waals surface area contributed by atoms with Crippen molar-refractivity contribution in [3.05, 3.63) is 177 Å². The maximum Gasteiger partial charge on any atom is 0.259 e. The standard InChI is InChI=1S/C27H21F2N3O6.2C27H23F2N3O5/c1-9-2-4-13-11(6-9)16-18-19(26(37)31-25(18)36)17-12-7-10(28)3-5-14(12)32(22(17)21(16)30-13)27-24(35)23(34)20(29)15(8-33)38-27;1-10-2-4-15-12(6-10)19-20-14(8-30-26(20)36)18-13-7-11(28)3-5-16(13)32(23(18)22(19)31-15)27-25(35)24(34)21(29)17(9-33)37-27;1-10-2-4-15-12(6-10)18-14-8-30-26(36)20(14)19-13-7-11(28)3-5-16(13)32(23(19)22(18)31-15)27-25(35)24(34)21(29)17(9-33)37-27/h2-7,15,20,23-24,27,30,33-35H,8H2,1H3,(H,31,36,37);2*2-7,17,21,24-25,27,31,33-35H,8-9H2,1H3,(H,30,36)/t15-,20-,23+,24-,27-;2*17-,21-,24+,25-,27-/m111/s1. The first-order valence-electron chi connectivity index (χ1n) is 36.1. The van der Waals surface area contributed by atoms with Crippen molar-refractivity contribution in [1.82, 2.24) is 44.6 Å². The van der Waals surface area contributed by atoms with E-state index in [-0.39, 0.29) is 40.3 Å². The summed E-state index contributed by atoms with van der Waals surface area (Å²) in [5, 5.41) is 108. The highest BCUT2D eigenvalue weighted by Gasteiger charge is 2.51. The van der Waals surface area contributed by atoms with E-state index in [4.69, 9.17) is 14.2 Å². The average Bonchev–Trinajstić information content (AvgIpc) is 1.54. The van der Waals surface area contributed by atoms with Gasteiger partial charge >= 0.3 is 0 Å². The van der Waals surface area contributed by atoms with Gasteiger partial charge in [-0.1, -0.05) is 34.9 Å². The number of aliphatic hydroxyl groups excluding tert-OH is 9. The molecule has 0 saturated carbocycles. The summed E-state index contributed by atoms with van der Waals surface area (Å²) in [6, 6.07) is 29.3. The van der Waals surface area contributed by atoms with Crippen LogP contribution >= 0.6 is 0 Å². The second kappa shape index (κ2) is 25.8. The van der Waals surface area contributed by atoms with Gasteiger partial charge in [0, 0.05) is 94.3 Å². The van der Waals surface area contributed by atoms with Crippen LogP contribution < -0.4 is 16.0 Å². The predicted octanol–water partition coefficient (Wildman–Crippen LogP) is 8.85. The van der Waals surface area contributed by atoms with Crippen molar-refractivity contribution in [2.24, 2.45) is 0 Å². The lowest BCUT2D eigenvalue weighted by atomic mass is 9.96. The smallest absolute Gasteiger partial charge is 0.259 e. The Labute approximate surface area is 624 Å². The molecule has 0 bridgehead atoms. The molecule has 15 atom stereocenters. The number of imide groups is 1. The Hall–Kier alpha value is -11.0. The molecule has 31 heteroatoms. The van der Waals surface area contributed by atoms with Gasteiger partial charge in [0.25, 0.3) is 23.6 Å². The third-order valence-electron chi connectivity index (χ3n) is 23.1. The number of hydrogen-bond acceptors (Lipinski definition) is 16. The monoisotopic (exact) mass is 1540 g/mol. The van der Waals surface area contributed by atoms with Crippen LogP contribution in [0, 0.1) is 38.2 Å². The van der Waals surface area contributed by atoms with Gasteiger partial charge in [0.2, 0.25) is 0 Å². The van der Waals surface area contributed by atoms with E-state index in [2.05, 4.69) is 30.9 Å². The van der Waals surface area contributed by atoms with Crippen LogP contribution in [0.3, 0.4) is 0 Å². The van der Waals surface area contributed by atoms with Crippen LogP contribution in [0.2, 0.25) is 0 Å². The molecule has 112 heavy (non-hydrogen) atoms. The SMILES string of the molecule is Cc1ccc2[nH]c3c(c4c(c5c6cc(F)ccc6n([C@@H]6O[C@H](CO)[C@@H](F)[C@H](O)[C@H]6O)c35)C(=O)NC4)c2c1.Cc1ccc2[nH]c3c(c4c(c5c6cc(F)ccc6n([C@@H]6O[C@H](CO)[C@@H](F)[C@H](O)[C@H]6O)c35)C(=O)NC4=O)c2c1.Cc1ccc2[nH]c3c(c4c(c5c6cc(F)ccc6n([C@@H]6O[C@H](CO)[C@@H](F)[C@H](O)[C@H]6O)c35)CNC4=O)c2c1. The van der Waals surface area contributed by atoms with Crippen molar-refractivity contribution >= 4 is 154 Å². The quantitative estimate of drug-likeness (QED) is 0.0546. The van der Waals surface area contributed by atoms with Crippen LogP contribution in [0.15, 0.2) is 109 Å². The maximum atomic E-state index is 14.6. The van der Waals surface area contributed by atoms with Gasteiger partial charge in [0.1, 0.15) is 72.4 Å². The summed E-state index contributed by atoms with van der Waals surface area (Å²) >= 11 is 0. The zero-order chi connectivity index (χ0) is 78.1. The minimum absolute atomic E-state index is 0.0437. The summed E-state index contributed by atoms with van der Waals surface area (Å²) in [7, 11) is 0. The molecule has 6 aromatic heterocycles. The summed E-state index contributed by atoms with van der Waals surface area (Å²) in [6.45, 7) is 4.13. The number of H-pyrrole nitrogens is 3. The number of nitrogens with one attached hydrogen (secondary N) is 6. The number of aromatic nitrogens is 6. The number of alkyl halides is 3. The lowest BCUT2D eigenvalue weighted by molar-refractivity contribution is -0.233. The molecule has 3 saturated heterocycles. The van der Waals surface area contributed by atoms with E-state index >= 15 is 0 Å². The number of carbonyl (C=O) groups is 4. The summed E-state index contributed by atoms with van der Waals surface area (Å²) in [5.74, 6) is -3.43. The van der Waals surface area contributed by atoms with Crippen LogP contribution in [0.25, 0.3) is 131 Å². The molecule has 0 radical (unpaired) electrons. The fraction of sp³-hybridized carbons (Fsp3) is 0.284. The Morgan fingerprint density at radius 3 is 1.07 bits per heavy atom. The van der Waals surface area contributed by atoms with E-state index < -0.39 is 141 Å². The molecule has 9 aromatic carbocycles. The first kappa shape index (κ1) is 71.3. The van der Waals surface area contributed by atoms with Gasteiger partial charge in [-0.05, 0) is 123 Å². The molecule has 0 spiro atoms. The molecule has 25 nitrogen and oxygen atoms in total. The first-order chi connectivity index (χ1) is 53.8. The number of amides is 4. The molecule has 15 aromatic rings. The Bertz CT molecular complexity index is 6660. The van der Waals surface area contributed by atoms with Crippen LogP contribution in [0.5, 0.6) is 0 Å². The van der Waals surface area contributed by atoms with Gasteiger partial charge in [-0.3, -0.25) is 24.5 Å². The summed E-state index contributed by atoms with van der Waals surface area (Å²) in [4.78, 5) is 62.7. The Balaban J connectivity index is 0.000000113.